The van der Waals surface area contributed by atoms with E-state index in [-0.39, 0.29) is 11.9 Å². The summed E-state index contributed by atoms with van der Waals surface area (Å²) >= 11 is 1.85. The van der Waals surface area contributed by atoms with Gasteiger partial charge in [0.1, 0.15) is 5.82 Å². The summed E-state index contributed by atoms with van der Waals surface area (Å²) in [6.07, 6.45) is 1.91. The van der Waals surface area contributed by atoms with Gasteiger partial charge in [-0.3, -0.25) is 0 Å². The van der Waals surface area contributed by atoms with E-state index < -0.39 is 0 Å². The average molecular weight is 291 g/mol. The lowest BCUT2D eigenvalue weighted by Gasteiger charge is -2.18. The van der Waals surface area contributed by atoms with E-state index in [4.69, 9.17) is 0 Å². The molecule has 0 aliphatic heterocycles. The van der Waals surface area contributed by atoms with E-state index in [0.29, 0.717) is 0 Å². The molecule has 1 aromatic heterocycles. The van der Waals surface area contributed by atoms with Crippen molar-refractivity contribution in [2.45, 2.75) is 39.7 Å². The first-order valence-corrected chi connectivity index (χ1v) is 8.02. The van der Waals surface area contributed by atoms with Crippen molar-refractivity contribution in [3.63, 3.8) is 0 Å². The minimum absolute atomic E-state index is 0.152. The number of rotatable bonds is 6. The Morgan fingerprint density at radius 3 is 2.65 bits per heavy atom. The van der Waals surface area contributed by atoms with Gasteiger partial charge in [0.15, 0.2) is 0 Å². The summed E-state index contributed by atoms with van der Waals surface area (Å²) in [6, 6.07) is 9.72. The van der Waals surface area contributed by atoms with Crippen molar-refractivity contribution in [1.82, 2.24) is 5.32 Å². The van der Waals surface area contributed by atoms with E-state index in [1.54, 1.807) is 6.07 Å². The number of aryl methyl sites for hydroxylation is 2. The molecule has 0 saturated heterocycles. The van der Waals surface area contributed by atoms with Crippen molar-refractivity contribution in [2.24, 2.45) is 0 Å². The molecule has 0 amide bonds. The summed E-state index contributed by atoms with van der Waals surface area (Å²) in [7, 11) is 0. The van der Waals surface area contributed by atoms with Crippen LogP contribution in [0.1, 0.15) is 40.8 Å². The van der Waals surface area contributed by atoms with Crippen LogP contribution < -0.4 is 5.32 Å². The van der Waals surface area contributed by atoms with E-state index >= 15 is 0 Å². The molecule has 1 atom stereocenters. The van der Waals surface area contributed by atoms with Crippen LogP contribution in [0.5, 0.6) is 0 Å². The van der Waals surface area contributed by atoms with E-state index in [0.717, 1.165) is 30.5 Å². The highest BCUT2D eigenvalue weighted by Gasteiger charge is 2.15. The molecule has 0 fully saturated rings. The van der Waals surface area contributed by atoms with Crippen molar-refractivity contribution in [2.75, 3.05) is 6.54 Å². The number of hydrogen-bond donors (Lipinski definition) is 1. The van der Waals surface area contributed by atoms with Gasteiger partial charge in [-0.1, -0.05) is 19.9 Å². The Balaban J connectivity index is 2.22. The van der Waals surface area contributed by atoms with Crippen molar-refractivity contribution < 1.29 is 4.39 Å². The third-order valence-corrected chi connectivity index (χ3v) is 4.90. The maximum absolute atomic E-state index is 13.4. The molecule has 1 nitrogen and oxygen atoms in total. The molecule has 2 aromatic rings. The molecule has 0 radical (unpaired) electrons. The maximum atomic E-state index is 13.4. The third-order valence-electron chi connectivity index (χ3n) is 3.56. The summed E-state index contributed by atoms with van der Waals surface area (Å²) in [5.41, 5.74) is 2.24. The van der Waals surface area contributed by atoms with Gasteiger partial charge in [-0.2, -0.15) is 0 Å². The second-order valence-corrected chi connectivity index (χ2v) is 6.24. The number of likely N-dealkylation sites (N-methyl/N-ethyl adjacent to an activating group) is 1. The van der Waals surface area contributed by atoms with Crippen LogP contribution >= 0.6 is 11.3 Å². The minimum Gasteiger partial charge on any atom is -0.309 e. The van der Waals surface area contributed by atoms with Gasteiger partial charge in [0.05, 0.1) is 0 Å². The largest absolute Gasteiger partial charge is 0.309 e. The standard InChI is InChI=1S/C17H22FNS/c1-4-15-8-9-17(20-15)16(19-5-2)11-13-10-14(18)7-6-12(13)3/h6-10,16,19H,4-5,11H2,1-3H3. The normalized spacial score (nSPS) is 12.6. The van der Waals surface area contributed by atoms with Gasteiger partial charge in [-0.25, -0.2) is 4.39 Å². The highest BCUT2D eigenvalue weighted by Crippen LogP contribution is 2.27. The van der Waals surface area contributed by atoms with E-state index in [2.05, 4.69) is 31.3 Å². The molecule has 1 N–H and O–H groups in total. The molecule has 0 aliphatic rings. The number of halogens is 1. The van der Waals surface area contributed by atoms with Crippen molar-refractivity contribution in [3.05, 3.63) is 57.0 Å². The predicted molar refractivity (Wildman–Crippen MR) is 85.0 cm³/mol. The molecule has 0 spiro atoms. The predicted octanol–water partition coefficient (Wildman–Crippen LogP) is 4.65. The third kappa shape index (κ3) is 3.68. The molecular weight excluding hydrogens is 269 g/mol. The van der Waals surface area contributed by atoms with Crippen LogP contribution in [0.2, 0.25) is 0 Å². The Morgan fingerprint density at radius 2 is 2.00 bits per heavy atom. The minimum atomic E-state index is -0.152. The highest BCUT2D eigenvalue weighted by molar-refractivity contribution is 7.12. The maximum Gasteiger partial charge on any atom is 0.123 e. The van der Waals surface area contributed by atoms with Crippen LogP contribution in [0.15, 0.2) is 30.3 Å². The molecule has 108 valence electrons. The van der Waals surface area contributed by atoms with Gasteiger partial charge < -0.3 is 5.32 Å². The Bertz CT molecular complexity index is 562. The van der Waals surface area contributed by atoms with Gasteiger partial charge in [0.25, 0.3) is 0 Å². The number of nitrogens with one attached hydrogen (secondary N) is 1. The Labute approximate surface area is 124 Å². The number of thiophene rings is 1. The fourth-order valence-electron chi connectivity index (χ4n) is 2.37. The van der Waals surface area contributed by atoms with Crippen LogP contribution in [0.3, 0.4) is 0 Å². The van der Waals surface area contributed by atoms with Crippen molar-refractivity contribution in [1.29, 1.82) is 0 Å². The SMILES string of the molecule is CCNC(Cc1cc(F)ccc1C)c1ccc(CC)s1. The van der Waals surface area contributed by atoms with Crippen LogP contribution in [0.25, 0.3) is 0 Å². The lowest BCUT2D eigenvalue weighted by Crippen LogP contribution is -2.22. The second-order valence-electron chi connectivity index (χ2n) is 5.04. The summed E-state index contributed by atoms with van der Waals surface area (Å²) < 4.78 is 13.4. The molecule has 1 heterocycles. The molecule has 0 saturated carbocycles. The molecule has 0 aliphatic carbocycles. The highest BCUT2D eigenvalue weighted by atomic mass is 32.1. The first-order valence-electron chi connectivity index (χ1n) is 7.21. The van der Waals surface area contributed by atoms with Crippen molar-refractivity contribution >= 4 is 11.3 Å². The molecule has 1 unspecified atom stereocenters. The van der Waals surface area contributed by atoms with Crippen LogP contribution in [-0.2, 0) is 12.8 Å². The zero-order valence-electron chi connectivity index (χ0n) is 12.4. The monoisotopic (exact) mass is 291 g/mol. The zero-order chi connectivity index (χ0) is 14.5. The molecule has 3 heteroatoms. The first-order chi connectivity index (χ1) is 9.63. The summed E-state index contributed by atoms with van der Waals surface area (Å²) in [5, 5.41) is 3.52. The van der Waals surface area contributed by atoms with E-state index in [1.807, 2.05) is 24.3 Å². The van der Waals surface area contributed by atoms with Gasteiger partial charge in [-0.05, 0) is 61.7 Å². The zero-order valence-corrected chi connectivity index (χ0v) is 13.2. The Kier molecular flexibility index (Phi) is 5.32. The van der Waals surface area contributed by atoms with Crippen molar-refractivity contribution in [3.8, 4) is 0 Å². The molecule has 2 rings (SSSR count). The topological polar surface area (TPSA) is 12.0 Å². The molecule has 1 aromatic carbocycles. The summed E-state index contributed by atoms with van der Waals surface area (Å²) in [6.45, 7) is 7.25. The van der Waals surface area contributed by atoms with Gasteiger partial charge >= 0.3 is 0 Å². The molecular formula is C17H22FNS. The van der Waals surface area contributed by atoms with E-state index in [1.165, 1.54) is 15.8 Å². The number of benzene rings is 1. The average Bonchev–Trinajstić information content (AvgIpc) is 2.91. The van der Waals surface area contributed by atoms with Gasteiger partial charge in [0.2, 0.25) is 0 Å². The lowest BCUT2D eigenvalue weighted by atomic mass is 10.00. The quantitative estimate of drug-likeness (QED) is 0.817. The van der Waals surface area contributed by atoms with Crippen LogP contribution in [-0.4, -0.2) is 6.54 Å². The second kappa shape index (κ2) is 7.00. The fourth-order valence-corrected chi connectivity index (χ4v) is 3.40. The summed E-state index contributed by atoms with van der Waals surface area (Å²) in [5.74, 6) is -0.152. The van der Waals surface area contributed by atoms with Gasteiger partial charge in [-0.15, -0.1) is 11.3 Å². The van der Waals surface area contributed by atoms with Crippen LogP contribution in [0.4, 0.5) is 4.39 Å². The Morgan fingerprint density at radius 1 is 1.20 bits per heavy atom. The first kappa shape index (κ1) is 15.2. The molecule has 20 heavy (non-hydrogen) atoms. The molecule has 0 bridgehead atoms. The fraction of sp³-hybridized carbons (Fsp3) is 0.412. The van der Waals surface area contributed by atoms with E-state index in [9.17, 15) is 4.39 Å². The summed E-state index contributed by atoms with van der Waals surface area (Å²) in [4.78, 5) is 2.74. The number of hydrogen-bond acceptors (Lipinski definition) is 2. The lowest BCUT2D eigenvalue weighted by molar-refractivity contribution is 0.553. The van der Waals surface area contributed by atoms with Crippen LogP contribution in [0, 0.1) is 12.7 Å². The Hall–Kier alpha value is -1.19. The smallest absolute Gasteiger partial charge is 0.123 e. The van der Waals surface area contributed by atoms with Gasteiger partial charge in [0, 0.05) is 15.8 Å².